The van der Waals surface area contributed by atoms with Crippen molar-refractivity contribution >= 4 is 11.6 Å². The van der Waals surface area contributed by atoms with Gasteiger partial charge in [0.25, 0.3) is 5.91 Å². The molecular formula is C23H24FN5O5. The van der Waals surface area contributed by atoms with E-state index < -0.39 is 11.7 Å². The van der Waals surface area contributed by atoms with Gasteiger partial charge < -0.3 is 24.4 Å². The van der Waals surface area contributed by atoms with Crippen LogP contribution >= 0.6 is 0 Å². The van der Waals surface area contributed by atoms with Crippen molar-refractivity contribution in [2.45, 2.75) is 44.6 Å². The summed E-state index contributed by atoms with van der Waals surface area (Å²) in [5.74, 6) is -0.361. The van der Waals surface area contributed by atoms with Gasteiger partial charge in [-0.25, -0.2) is 14.4 Å². The molecule has 1 amide bonds. The Morgan fingerprint density at radius 1 is 1.26 bits per heavy atom. The fourth-order valence-corrected chi connectivity index (χ4v) is 3.66. The Balaban J connectivity index is 1.37. The van der Waals surface area contributed by atoms with E-state index in [0.29, 0.717) is 42.4 Å². The number of hydrogen-bond donors (Lipinski definition) is 1. The normalized spacial score (nSPS) is 21.8. The maximum atomic E-state index is 13.6. The van der Waals surface area contributed by atoms with Crippen LogP contribution in [-0.4, -0.2) is 60.2 Å². The molecule has 0 bridgehead atoms. The molecule has 0 aliphatic carbocycles. The number of halogens is 1. The summed E-state index contributed by atoms with van der Waals surface area (Å²) in [6.45, 7) is 2.49. The maximum Gasteiger partial charge on any atom is 0.270 e. The van der Waals surface area contributed by atoms with Crippen LogP contribution in [0.5, 0.6) is 5.75 Å². The van der Waals surface area contributed by atoms with Gasteiger partial charge in [0.05, 0.1) is 44.6 Å². The third-order valence-electron chi connectivity index (χ3n) is 5.45. The van der Waals surface area contributed by atoms with Crippen molar-refractivity contribution in [3.05, 3.63) is 52.9 Å². The Bertz CT molecular complexity index is 1130. The van der Waals surface area contributed by atoms with Crippen molar-refractivity contribution in [3.8, 4) is 11.8 Å². The SMILES string of the molecule is COc1cc(CNC(=O)c2cc(C3=NO[C@H]([C@H]4CO[C@H](CC#N)CO4)C3)nc(C)n2)ccc1F. The van der Waals surface area contributed by atoms with E-state index in [0.717, 1.165) is 0 Å². The average Bonchev–Trinajstić information content (AvgIpc) is 3.34. The van der Waals surface area contributed by atoms with Gasteiger partial charge in [-0.1, -0.05) is 11.2 Å². The molecule has 0 saturated carbocycles. The van der Waals surface area contributed by atoms with Crippen molar-refractivity contribution < 1.29 is 28.2 Å². The molecule has 11 heteroatoms. The molecule has 178 valence electrons. The average molecular weight is 469 g/mol. The first-order valence-corrected chi connectivity index (χ1v) is 10.8. The zero-order chi connectivity index (χ0) is 24.1. The monoisotopic (exact) mass is 469 g/mol. The van der Waals surface area contributed by atoms with Crippen LogP contribution in [0.3, 0.4) is 0 Å². The van der Waals surface area contributed by atoms with Crippen LogP contribution in [0, 0.1) is 24.1 Å². The number of oxime groups is 1. The van der Waals surface area contributed by atoms with Gasteiger partial charge in [-0.05, 0) is 30.7 Å². The molecule has 1 aromatic carbocycles. The number of ether oxygens (including phenoxy) is 3. The van der Waals surface area contributed by atoms with Crippen molar-refractivity contribution in [1.29, 1.82) is 5.26 Å². The Morgan fingerprint density at radius 3 is 2.85 bits per heavy atom. The Hall–Kier alpha value is -3.62. The molecule has 0 radical (unpaired) electrons. The van der Waals surface area contributed by atoms with Gasteiger partial charge in [0, 0.05) is 13.0 Å². The number of hydrogen-bond acceptors (Lipinski definition) is 9. The Labute approximate surface area is 195 Å². The summed E-state index contributed by atoms with van der Waals surface area (Å²) in [5, 5.41) is 15.7. The Morgan fingerprint density at radius 2 is 2.12 bits per heavy atom. The topological polar surface area (TPSA) is 128 Å². The fourth-order valence-electron chi connectivity index (χ4n) is 3.66. The molecule has 3 atom stereocenters. The summed E-state index contributed by atoms with van der Waals surface area (Å²) >= 11 is 0. The molecule has 1 N–H and O–H groups in total. The molecule has 3 heterocycles. The lowest BCUT2D eigenvalue weighted by molar-refractivity contribution is -0.169. The van der Waals surface area contributed by atoms with E-state index in [1.54, 1.807) is 19.1 Å². The molecule has 2 aromatic rings. The van der Waals surface area contributed by atoms with Crippen LogP contribution < -0.4 is 10.1 Å². The minimum Gasteiger partial charge on any atom is -0.494 e. The second kappa shape index (κ2) is 10.5. The number of nitrogens with zero attached hydrogens (tertiary/aromatic N) is 4. The summed E-state index contributed by atoms with van der Waals surface area (Å²) in [6, 6.07) is 8.00. The summed E-state index contributed by atoms with van der Waals surface area (Å²) in [7, 11) is 1.38. The molecular weight excluding hydrogens is 445 g/mol. The predicted molar refractivity (Wildman–Crippen MR) is 117 cm³/mol. The zero-order valence-corrected chi connectivity index (χ0v) is 18.8. The molecule has 1 fully saturated rings. The molecule has 0 unspecified atom stereocenters. The van der Waals surface area contributed by atoms with Crippen molar-refractivity contribution in [1.82, 2.24) is 15.3 Å². The molecule has 0 spiro atoms. The van der Waals surface area contributed by atoms with E-state index in [2.05, 4.69) is 26.5 Å². The summed E-state index contributed by atoms with van der Waals surface area (Å²) in [5.41, 5.74) is 1.93. The van der Waals surface area contributed by atoms with E-state index in [-0.39, 0.29) is 42.7 Å². The third-order valence-corrected chi connectivity index (χ3v) is 5.45. The predicted octanol–water partition coefficient (Wildman–Crippen LogP) is 2.05. The molecule has 4 rings (SSSR count). The quantitative estimate of drug-likeness (QED) is 0.653. The summed E-state index contributed by atoms with van der Waals surface area (Å²) in [6.07, 6.45) is -0.179. The van der Waals surface area contributed by atoms with Crippen LogP contribution in [0.4, 0.5) is 4.39 Å². The van der Waals surface area contributed by atoms with Crippen molar-refractivity contribution in [2.24, 2.45) is 5.16 Å². The number of aryl methyl sites for hydroxylation is 1. The smallest absolute Gasteiger partial charge is 0.270 e. The number of benzene rings is 1. The summed E-state index contributed by atoms with van der Waals surface area (Å²) < 4.78 is 30.0. The van der Waals surface area contributed by atoms with Gasteiger partial charge >= 0.3 is 0 Å². The number of nitrogens with one attached hydrogen (secondary N) is 1. The standard InChI is InChI=1S/C23H24FN5O5/c1-13-27-17(18-9-21(34-29-18)22-12-32-15(5-6-25)11-33-22)8-19(28-13)23(30)26-10-14-3-4-16(24)20(7-14)31-2/h3-4,7-8,15,21-22H,5,9-12H2,1-2H3,(H,26,30)/t15-,21+,22-/m1/s1. The lowest BCUT2D eigenvalue weighted by Crippen LogP contribution is -2.42. The van der Waals surface area contributed by atoms with Crippen molar-refractivity contribution in [2.75, 3.05) is 20.3 Å². The minimum atomic E-state index is -0.473. The zero-order valence-electron chi connectivity index (χ0n) is 18.8. The number of rotatable bonds is 7. The van der Waals surface area contributed by atoms with Gasteiger partial charge in [0.15, 0.2) is 17.7 Å². The molecule has 2 aliphatic rings. The van der Waals surface area contributed by atoms with Crippen LogP contribution in [-0.2, 0) is 20.9 Å². The van der Waals surface area contributed by atoms with Gasteiger partial charge in [0.2, 0.25) is 0 Å². The van der Waals surface area contributed by atoms with Crippen LogP contribution in [0.25, 0.3) is 0 Å². The van der Waals surface area contributed by atoms with E-state index >= 15 is 0 Å². The lowest BCUT2D eigenvalue weighted by Gasteiger charge is -2.30. The lowest BCUT2D eigenvalue weighted by atomic mass is 10.0. The highest BCUT2D eigenvalue weighted by atomic mass is 19.1. The van der Waals surface area contributed by atoms with E-state index in [4.69, 9.17) is 24.3 Å². The largest absolute Gasteiger partial charge is 0.494 e. The van der Waals surface area contributed by atoms with Crippen LogP contribution in [0.2, 0.25) is 0 Å². The molecule has 10 nitrogen and oxygen atoms in total. The van der Waals surface area contributed by atoms with Crippen molar-refractivity contribution in [3.63, 3.8) is 0 Å². The van der Waals surface area contributed by atoms with E-state index in [1.807, 2.05) is 0 Å². The highest BCUT2D eigenvalue weighted by Gasteiger charge is 2.35. The second-order valence-corrected chi connectivity index (χ2v) is 7.91. The maximum absolute atomic E-state index is 13.6. The van der Waals surface area contributed by atoms with E-state index in [9.17, 15) is 9.18 Å². The first-order valence-electron chi connectivity index (χ1n) is 10.8. The first kappa shape index (κ1) is 23.5. The highest BCUT2D eigenvalue weighted by Crippen LogP contribution is 2.24. The van der Waals surface area contributed by atoms with E-state index in [1.165, 1.54) is 19.2 Å². The third kappa shape index (κ3) is 5.47. The summed E-state index contributed by atoms with van der Waals surface area (Å²) in [4.78, 5) is 26.9. The first-order chi connectivity index (χ1) is 16.5. The van der Waals surface area contributed by atoms with Gasteiger partial charge in [-0.3, -0.25) is 4.79 Å². The fraction of sp³-hybridized carbons (Fsp3) is 0.435. The number of nitriles is 1. The second-order valence-electron chi connectivity index (χ2n) is 7.91. The van der Waals surface area contributed by atoms with Gasteiger partial charge in [-0.2, -0.15) is 5.26 Å². The van der Waals surface area contributed by atoms with Crippen LogP contribution in [0.1, 0.15) is 40.4 Å². The van der Waals surface area contributed by atoms with Crippen LogP contribution in [0.15, 0.2) is 29.4 Å². The number of carbonyl (C=O) groups excluding carboxylic acids is 1. The van der Waals surface area contributed by atoms with Gasteiger partial charge in [0.1, 0.15) is 23.3 Å². The number of carbonyl (C=O) groups is 1. The number of aromatic nitrogens is 2. The van der Waals surface area contributed by atoms with Gasteiger partial charge in [-0.15, -0.1) is 0 Å². The minimum absolute atomic E-state index is 0.105. The molecule has 2 aliphatic heterocycles. The molecule has 1 aromatic heterocycles. The molecule has 34 heavy (non-hydrogen) atoms. The number of methoxy groups -OCH3 is 1. The molecule has 1 saturated heterocycles. The number of amides is 1. The highest BCUT2D eigenvalue weighted by molar-refractivity contribution is 6.02. The Kier molecular flexibility index (Phi) is 7.30.